The number of nitrogens with zero attached hydrogens (tertiary/aromatic N) is 2. The van der Waals surface area contributed by atoms with Crippen molar-refractivity contribution in [3.05, 3.63) is 47.7 Å². The van der Waals surface area contributed by atoms with E-state index in [4.69, 9.17) is 9.84 Å². The van der Waals surface area contributed by atoms with E-state index in [0.717, 1.165) is 16.9 Å². The smallest absolute Gasteiger partial charge is 0.321 e. The van der Waals surface area contributed by atoms with Gasteiger partial charge in [0.1, 0.15) is 5.75 Å². The van der Waals surface area contributed by atoms with E-state index >= 15 is 0 Å². The predicted octanol–water partition coefficient (Wildman–Crippen LogP) is 3.68. The molecule has 1 aromatic carbocycles. The van der Waals surface area contributed by atoms with Crippen LogP contribution in [0.3, 0.4) is 0 Å². The molecule has 1 aromatic heterocycles. The van der Waals surface area contributed by atoms with Crippen LogP contribution in [-0.4, -0.2) is 40.6 Å². The molecule has 0 radical (unpaired) electrons. The summed E-state index contributed by atoms with van der Waals surface area (Å²) in [4.78, 5) is 28.5. The third-order valence-corrected chi connectivity index (χ3v) is 4.07. The van der Waals surface area contributed by atoms with Crippen LogP contribution in [0.25, 0.3) is 0 Å². The van der Waals surface area contributed by atoms with Crippen LogP contribution in [0.4, 0.5) is 10.5 Å². The summed E-state index contributed by atoms with van der Waals surface area (Å²) in [6.45, 7) is 5.65. The third kappa shape index (κ3) is 4.95. The molecule has 2 amide bonds. The Bertz CT molecular complexity index is 790. The molecule has 0 aliphatic carbocycles. The second kappa shape index (κ2) is 8.33. The highest BCUT2D eigenvalue weighted by atomic mass is 16.5. The number of hydrogen-bond donors (Lipinski definition) is 2. The quantitative estimate of drug-likeness (QED) is 0.823. The molecule has 1 atom stereocenters. The zero-order chi connectivity index (χ0) is 19.3. The van der Waals surface area contributed by atoms with Crippen molar-refractivity contribution in [2.45, 2.75) is 20.8 Å². The summed E-state index contributed by atoms with van der Waals surface area (Å²) in [6, 6.07) is 8.74. The minimum atomic E-state index is -0.945. The van der Waals surface area contributed by atoms with Crippen LogP contribution in [0.2, 0.25) is 0 Å². The maximum Gasteiger partial charge on any atom is 0.321 e. The fourth-order valence-electron chi connectivity index (χ4n) is 2.25. The van der Waals surface area contributed by atoms with Crippen LogP contribution in [-0.2, 0) is 4.79 Å². The van der Waals surface area contributed by atoms with E-state index in [1.807, 2.05) is 32.0 Å². The summed E-state index contributed by atoms with van der Waals surface area (Å²) < 4.78 is 5.78. The van der Waals surface area contributed by atoms with Gasteiger partial charge < -0.3 is 20.1 Å². The number of anilines is 1. The number of ether oxygens (including phenoxy) is 1. The van der Waals surface area contributed by atoms with Crippen LogP contribution in [0.15, 0.2) is 36.5 Å². The maximum absolute atomic E-state index is 12.1. The van der Waals surface area contributed by atoms with Crippen LogP contribution in [0, 0.1) is 19.8 Å². The number of carbonyl (C=O) groups is 2. The van der Waals surface area contributed by atoms with Gasteiger partial charge in [-0.3, -0.25) is 4.79 Å². The van der Waals surface area contributed by atoms with Crippen molar-refractivity contribution in [3.8, 4) is 11.6 Å². The molecule has 26 heavy (non-hydrogen) atoms. The molecule has 7 heteroatoms. The summed E-state index contributed by atoms with van der Waals surface area (Å²) in [7, 11) is 1.54. The molecule has 0 saturated heterocycles. The second-order valence-electron chi connectivity index (χ2n) is 6.24. The monoisotopic (exact) mass is 357 g/mol. The Labute approximate surface area is 152 Å². The largest absolute Gasteiger partial charge is 0.481 e. The van der Waals surface area contributed by atoms with Crippen molar-refractivity contribution >= 4 is 17.7 Å². The number of pyridine rings is 1. The minimum Gasteiger partial charge on any atom is -0.481 e. The van der Waals surface area contributed by atoms with Gasteiger partial charge in [-0.15, -0.1) is 0 Å². The summed E-state index contributed by atoms with van der Waals surface area (Å²) in [5.74, 6) is -0.433. The normalized spacial score (nSPS) is 11.5. The molecule has 138 valence electrons. The highest BCUT2D eigenvalue weighted by Gasteiger charge is 2.17. The van der Waals surface area contributed by atoms with Gasteiger partial charge in [0.15, 0.2) is 0 Å². The molecular weight excluding hydrogens is 334 g/mol. The summed E-state index contributed by atoms with van der Waals surface area (Å²) in [5, 5.41) is 11.6. The van der Waals surface area contributed by atoms with Gasteiger partial charge in [0.2, 0.25) is 5.88 Å². The molecule has 1 heterocycles. The first kappa shape index (κ1) is 19.2. The molecule has 7 nitrogen and oxygen atoms in total. The van der Waals surface area contributed by atoms with Crippen LogP contribution < -0.4 is 10.1 Å². The zero-order valence-corrected chi connectivity index (χ0v) is 15.3. The van der Waals surface area contributed by atoms with Crippen molar-refractivity contribution in [1.29, 1.82) is 0 Å². The number of amides is 2. The van der Waals surface area contributed by atoms with Gasteiger partial charge in [-0.1, -0.05) is 19.1 Å². The fraction of sp³-hybridized carbons (Fsp3) is 0.316. The van der Waals surface area contributed by atoms with Gasteiger partial charge in [0, 0.05) is 19.7 Å². The molecule has 2 N–H and O–H groups in total. The molecule has 0 aliphatic rings. The number of carboxylic acid groups (broad SMARTS) is 1. The molecule has 0 saturated carbocycles. The Kier molecular flexibility index (Phi) is 6.16. The number of aliphatic carboxylic acids is 1. The van der Waals surface area contributed by atoms with Crippen LogP contribution >= 0.6 is 0 Å². The van der Waals surface area contributed by atoms with Gasteiger partial charge in [0.05, 0.1) is 17.8 Å². The molecule has 0 spiro atoms. The topological polar surface area (TPSA) is 91.8 Å². The number of nitrogens with one attached hydrogen (secondary N) is 1. The van der Waals surface area contributed by atoms with Crippen molar-refractivity contribution in [1.82, 2.24) is 9.88 Å². The van der Waals surface area contributed by atoms with E-state index in [1.54, 1.807) is 26.1 Å². The number of aryl methyl sites for hydroxylation is 1. The molecule has 0 aliphatic heterocycles. The molecule has 0 bridgehead atoms. The summed E-state index contributed by atoms with van der Waals surface area (Å²) in [6.07, 6.45) is 1.49. The van der Waals surface area contributed by atoms with E-state index in [-0.39, 0.29) is 6.54 Å². The number of hydrogen-bond acceptors (Lipinski definition) is 4. The molecular formula is C19H23N3O4. The van der Waals surface area contributed by atoms with E-state index in [9.17, 15) is 9.59 Å². The Hall–Kier alpha value is -3.09. The van der Waals surface area contributed by atoms with E-state index < -0.39 is 17.9 Å². The Morgan fingerprint density at radius 3 is 2.62 bits per heavy atom. The van der Waals surface area contributed by atoms with Crippen molar-refractivity contribution in [2.75, 3.05) is 18.9 Å². The molecule has 2 rings (SSSR count). The average Bonchev–Trinajstić information content (AvgIpc) is 2.60. The molecule has 2 aromatic rings. The van der Waals surface area contributed by atoms with Crippen molar-refractivity contribution in [2.24, 2.45) is 5.92 Å². The van der Waals surface area contributed by atoms with E-state index in [0.29, 0.717) is 11.6 Å². The zero-order valence-electron chi connectivity index (χ0n) is 15.3. The number of benzene rings is 1. The Morgan fingerprint density at radius 1 is 1.27 bits per heavy atom. The number of urea groups is 1. The lowest BCUT2D eigenvalue weighted by molar-refractivity contribution is -0.141. The molecule has 0 fully saturated rings. The standard InChI is InChI=1S/C19H23N3O4/c1-12-6-5-7-16(14(12)3)26-17-9-8-15(10-20-17)21-19(25)22(4)11-13(2)18(23)24/h5-10,13H,11H2,1-4H3,(H,21,25)(H,23,24). The lowest BCUT2D eigenvalue weighted by Crippen LogP contribution is -2.36. The average molecular weight is 357 g/mol. The van der Waals surface area contributed by atoms with Crippen LogP contribution in [0.5, 0.6) is 11.6 Å². The van der Waals surface area contributed by atoms with Gasteiger partial charge in [-0.05, 0) is 37.1 Å². The fourth-order valence-corrected chi connectivity index (χ4v) is 2.25. The number of aromatic nitrogens is 1. The molecule has 1 unspecified atom stereocenters. The van der Waals surface area contributed by atoms with Gasteiger partial charge in [-0.2, -0.15) is 0 Å². The lowest BCUT2D eigenvalue weighted by atomic mass is 10.1. The SMILES string of the molecule is Cc1cccc(Oc2ccc(NC(=O)N(C)CC(C)C(=O)O)cn2)c1C. The van der Waals surface area contributed by atoms with E-state index in [1.165, 1.54) is 11.1 Å². The first-order chi connectivity index (χ1) is 12.3. The Balaban J connectivity index is 1.97. The highest BCUT2D eigenvalue weighted by Crippen LogP contribution is 2.26. The highest BCUT2D eigenvalue weighted by molar-refractivity contribution is 5.89. The Morgan fingerprint density at radius 2 is 2.00 bits per heavy atom. The third-order valence-electron chi connectivity index (χ3n) is 4.07. The predicted molar refractivity (Wildman–Crippen MR) is 98.7 cm³/mol. The van der Waals surface area contributed by atoms with Gasteiger partial charge in [0.25, 0.3) is 0 Å². The lowest BCUT2D eigenvalue weighted by Gasteiger charge is -2.20. The number of rotatable bonds is 6. The number of carboxylic acids is 1. The van der Waals surface area contributed by atoms with Crippen molar-refractivity contribution in [3.63, 3.8) is 0 Å². The first-order valence-corrected chi connectivity index (χ1v) is 8.23. The summed E-state index contributed by atoms with van der Waals surface area (Å²) >= 11 is 0. The van der Waals surface area contributed by atoms with Crippen LogP contribution in [0.1, 0.15) is 18.1 Å². The van der Waals surface area contributed by atoms with E-state index in [2.05, 4.69) is 10.3 Å². The van der Waals surface area contributed by atoms with Crippen molar-refractivity contribution < 1.29 is 19.4 Å². The minimum absolute atomic E-state index is 0.114. The second-order valence-corrected chi connectivity index (χ2v) is 6.24. The number of carbonyl (C=O) groups excluding carboxylic acids is 1. The van der Waals surface area contributed by atoms with Gasteiger partial charge >= 0.3 is 12.0 Å². The summed E-state index contributed by atoms with van der Waals surface area (Å²) in [5.41, 5.74) is 2.67. The maximum atomic E-state index is 12.1. The van der Waals surface area contributed by atoms with Gasteiger partial charge in [-0.25, -0.2) is 9.78 Å². The first-order valence-electron chi connectivity index (χ1n) is 8.23.